The van der Waals surface area contributed by atoms with Crippen molar-refractivity contribution in [2.75, 3.05) is 7.11 Å². The first kappa shape index (κ1) is 11.9. The second kappa shape index (κ2) is 4.77. The van der Waals surface area contributed by atoms with E-state index in [-0.39, 0.29) is 11.9 Å². The summed E-state index contributed by atoms with van der Waals surface area (Å²) in [5.41, 5.74) is 0. The number of carbonyl (C=O) groups excluding carboxylic acids is 1. The second-order valence-electron chi connectivity index (χ2n) is 6.09. The van der Waals surface area contributed by atoms with Crippen LogP contribution >= 0.6 is 0 Å². The van der Waals surface area contributed by atoms with Crippen LogP contribution in [0.4, 0.5) is 0 Å². The molecule has 0 N–H and O–H groups in total. The quantitative estimate of drug-likeness (QED) is 0.688. The number of methoxy groups -OCH3 is 1. The van der Waals surface area contributed by atoms with Gasteiger partial charge >= 0.3 is 5.97 Å². The summed E-state index contributed by atoms with van der Waals surface area (Å²) in [7, 11) is 1.52. The minimum atomic E-state index is 0.0395. The van der Waals surface area contributed by atoms with E-state index in [1.54, 1.807) is 0 Å². The third-order valence-corrected chi connectivity index (χ3v) is 4.58. The van der Waals surface area contributed by atoms with Gasteiger partial charge in [-0.3, -0.25) is 4.79 Å². The largest absolute Gasteiger partial charge is 0.469 e. The fourth-order valence-electron chi connectivity index (χ4n) is 3.89. The number of fused-ring (bicyclic) bond motifs is 3. The van der Waals surface area contributed by atoms with Crippen LogP contribution in [0.5, 0.6) is 0 Å². The van der Waals surface area contributed by atoms with Crippen molar-refractivity contribution in [2.24, 2.45) is 29.6 Å². The van der Waals surface area contributed by atoms with E-state index in [0.29, 0.717) is 5.92 Å². The summed E-state index contributed by atoms with van der Waals surface area (Å²) in [4.78, 5) is 11.7. The first-order valence-corrected chi connectivity index (χ1v) is 6.69. The molecule has 2 bridgehead atoms. The predicted octanol–water partition coefficient (Wildman–Crippen LogP) is 3.26. The van der Waals surface area contributed by atoms with Gasteiger partial charge in [0.05, 0.1) is 13.0 Å². The molecule has 4 unspecified atom stereocenters. The zero-order chi connectivity index (χ0) is 11.7. The van der Waals surface area contributed by atoms with E-state index in [2.05, 4.69) is 13.8 Å². The van der Waals surface area contributed by atoms with Crippen LogP contribution in [-0.2, 0) is 9.53 Å². The SMILES string of the molecule is COC(=O)C1CC2CCC1CC2CC(C)C. The van der Waals surface area contributed by atoms with Crippen LogP contribution in [0.15, 0.2) is 0 Å². The summed E-state index contributed by atoms with van der Waals surface area (Å²) in [6.07, 6.45) is 6.29. The molecule has 0 spiro atoms. The molecule has 0 aromatic carbocycles. The molecule has 0 aliphatic heterocycles. The van der Waals surface area contributed by atoms with Gasteiger partial charge in [0.2, 0.25) is 0 Å². The van der Waals surface area contributed by atoms with Crippen molar-refractivity contribution in [3.05, 3.63) is 0 Å². The number of ether oxygens (including phenoxy) is 1. The number of hydrogen-bond donors (Lipinski definition) is 0. The molecular weight excluding hydrogens is 200 g/mol. The molecule has 3 saturated carbocycles. The summed E-state index contributed by atoms with van der Waals surface area (Å²) in [5.74, 6) is 3.32. The molecule has 92 valence electrons. The zero-order valence-corrected chi connectivity index (χ0v) is 10.7. The van der Waals surface area contributed by atoms with E-state index in [4.69, 9.17) is 4.74 Å². The van der Waals surface area contributed by atoms with Gasteiger partial charge in [0.15, 0.2) is 0 Å². The maximum Gasteiger partial charge on any atom is 0.308 e. The lowest BCUT2D eigenvalue weighted by atomic mass is 9.58. The molecule has 3 aliphatic carbocycles. The van der Waals surface area contributed by atoms with Crippen LogP contribution in [-0.4, -0.2) is 13.1 Å². The highest BCUT2D eigenvalue weighted by atomic mass is 16.5. The predicted molar refractivity (Wildman–Crippen MR) is 63.9 cm³/mol. The Balaban J connectivity index is 1.98. The highest BCUT2D eigenvalue weighted by molar-refractivity contribution is 5.73. The molecule has 0 radical (unpaired) electrons. The van der Waals surface area contributed by atoms with E-state index >= 15 is 0 Å². The van der Waals surface area contributed by atoms with Crippen LogP contribution in [0.3, 0.4) is 0 Å². The van der Waals surface area contributed by atoms with Crippen molar-refractivity contribution in [3.63, 3.8) is 0 Å². The Bertz CT molecular complexity index is 259. The monoisotopic (exact) mass is 224 g/mol. The van der Waals surface area contributed by atoms with Crippen molar-refractivity contribution in [1.29, 1.82) is 0 Å². The van der Waals surface area contributed by atoms with Crippen LogP contribution < -0.4 is 0 Å². The fraction of sp³-hybridized carbons (Fsp3) is 0.929. The molecule has 0 saturated heterocycles. The average Bonchev–Trinajstić information content (AvgIpc) is 2.28. The highest BCUT2D eigenvalue weighted by Gasteiger charge is 2.44. The summed E-state index contributed by atoms with van der Waals surface area (Å²) in [6, 6.07) is 0. The first-order valence-electron chi connectivity index (χ1n) is 6.69. The number of carbonyl (C=O) groups is 1. The third kappa shape index (κ3) is 2.26. The molecule has 16 heavy (non-hydrogen) atoms. The van der Waals surface area contributed by atoms with Gasteiger partial charge in [-0.15, -0.1) is 0 Å². The van der Waals surface area contributed by atoms with Gasteiger partial charge in [-0.2, -0.15) is 0 Å². The van der Waals surface area contributed by atoms with Crippen molar-refractivity contribution >= 4 is 5.97 Å². The molecule has 0 aromatic rings. The Hall–Kier alpha value is -0.530. The summed E-state index contributed by atoms with van der Waals surface area (Å²) >= 11 is 0. The lowest BCUT2D eigenvalue weighted by Crippen LogP contribution is -2.41. The Kier molecular flexibility index (Phi) is 3.56. The number of rotatable bonds is 3. The summed E-state index contributed by atoms with van der Waals surface area (Å²) < 4.78 is 4.92. The van der Waals surface area contributed by atoms with Crippen molar-refractivity contribution in [1.82, 2.24) is 0 Å². The maximum absolute atomic E-state index is 11.7. The van der Waals surface area contributed by atoms with E-state index in [9.17, 15) is 4.79 Å². The Morgan fingerprint density at radius 2 is 1.94 bits per heavy atom. The smallest absolute Gasteiger partial charge is 0.308 e. The second-order valence-corrected chi connectivity index (χ2v) is 6.09. The van der Waals surface area contributed by atoms with Gasteiger partial charge < -0.3 is 4.74 Å². The van der Waals surface area contributed by atoms with Crippen LogP contribution in [0, 0.1) is 29.6 Å². The number of esters is 1. The normalized spacial score (nSPS) is 37.8. The molecule has 2 heteroatoms. The van der Waals surface area contributed by atoms with E-state index in [1.807, 2.05) is 0 Å². The van der Waals surface area contributed by atoms with Crippen LogP contribution in [0.25, 0.3) is 0 Å². The minimum Gasteiger partial charge on any atom is -0.469 e. The topological polar surface area (TPSA) is 26.3 Å². The zero-order valence-electron chi connectivity index (χ0n) is 10.7. The lowest BCUT2D eigenvalue weighted by molar-refractivity contribution is -0.153. The Labute approximate surface area is 98.7 Å². The fourth-order valence-corrected chi connectivity index (χ4v) is 3.89. The maximum atomic E-state index is 11.7. The Morgan fingerprint density at radius 3 is 2.44 bits per heavy atom. The van der Waals surface area contributed by atoms with Gasteiger partial charge in [-0.25, -0.2) is 0 Å². The summed E-state index contributed by atoms with van der Waals surface area (Å²) in [5, 5.41) is 0. The third-order valence-electron chi connectivity index (χ3n) is 4.58. The van der Waals surface area contributed by atoms with Gasteiger partial charge in [-0.1, -0.05) is 13.8 Å². The average molecular weight is 224 g/mol. The van der Waals surface area contributed by atoms with E-state index in [0.717, 1.165) is 24.2 Å². The Morgan fingerprint density at radius 1 is 1.25 bits per heavy atom. The van der Waals surface area contributed by atoms with Crippen molar-refractivity contribution in [2.45, 2.75) is 46.0 Å². The van der Waals surface area contributed by atoms with Gasteiger partial charge in [0.1, 0.15) is 0 Å². The van der Waals surface area contributed by atoms with E-state index < -0.39 is 0 Å². The number of hydrogen-bond acceptors (Lipinski definition) is 2. The molecular formula is C14H24O2. The lowest BCUT2D eigenvalue weighted by Gasteiger charge is -2.46. The molecule has 3 rings (SSSR count). The van der Waals surface area contributed by atoms with Gasteiger partial charge in [0, 0.05) is 0 Å². The standard InChI is InChI=1S/C14H24O2/c1-9(2)6-12-7-11-5-4-10(12)8-13(11)14(15)16-3/h9-13H,4-8H2,1-3H3. The van der Waals surface area contributed by atoms with E-state index in [1.165, 1.54) is 32.8 Å². The van der Waals surface area contributed by atoms with Crippen LogP contribution in [0.1, 0.15) is 46.0 Å². The first-order chi connectivity index (χ1) is 7.61. The molecule has 0 heterocycles. The van der Waals surface area contributed by atoms with Gasteiger partial charge in [-0.05, 0) is 55.8 Å². The molecule has 3 aliphatic rings. The van der Waals surface area contributed by atoms with Crippen LogP contribution in [0.2, 0.25) is 0 Å². The molecule has 2 nitrogen and oxygen atoms in total. The molecule has 0 amide bonds. The van der Waals surface area contributed by atoms with Gasteiger partial charge in [0.25, 0.3) is 0 Å². The highest BCUT2D eigenvalue weighted by Crippen LogP contribution is 2.50. The van der Waals surface area contributed by atoms with Crippen molar-refractivity contribution < 1.29 is 9.53 Å². The molecule has 0 aromatic heterocycles. The summed E-state index contributed by atoms with van der Waals surface area (Å²) in [6.45, 7) is 4.61. The molecule has 3 fully saturated rings. The molecule has 4 atom stereocenters. The van der Waals surface area contributed by atoms with Crippen molar-refractivity contribution in [3.8, 4) is 0 Å². The minimum absolute atomic E-state index is 0.0395.